The largest absolute Gasteiger partial charge is 0.494 e. The lowest BCUT2D eigenvalue weighted by Gasteiger charge is -2.23. The summed E-state index contributed by atoms with van der Waals surface area (Å²) in [7, 11) is 3.01. The molecule has 26 heavy (non-hydrogen) atoms. The second-order valence-corrected chi connectivity index (χ2v) is 8.75. The highest BCUT2D eigenvalue weighted by Crippen LogP contribution is 2.24. The highest BCUT2D eigenvalue weighted by molar-refractivity contribution is 7.90. The Morgan fingerprint density at radius 2 is 1.65 bits per heavy atom. The Labute approximate surface area is 157 Å². The summed E-state index contributed by atoms with van der Waals surface area (Å²) in [6.45, 7) is 3.56. The summed E-state index contributed by atoms with van der Waals surface area (Å²) in [5.74, 6) is 0.685. The van der Waals surface area contributed by atoms with Gasteiger partial charge < -0.3 is 14.5 Å². The zero-order valence-corrected chi connectivity index (χ0v) is 17.0. The number of nitrogens with zero attached hydrogens (tertiary/aromatic N) is 2. The average molecular weight is 377 g/mol. The summed E-state index contributed by atoms with van der Waals surface area (Å²) in [4.78, 5) is 4.64. The molecule has 0 atom stereocenters. The molecule has 0 aromatic heterocycles. The Hall–Kier alpha value is -2.21. The van der Waals surface area contributed by atoms with E-state index < -0.39 is 9.84 Å². The van der Waals surface area contributed by atoms with Crippen molar-refractivity contribution in [3.8, 4) is 5.75 Å². The Bertz CT molecular complexity index is 831. The lowest BCUT2D eigenvalue weighted by atomic mass is 10.1. The summed E-state index contributed by atoms with van der Waals surface area (Å²) in [5.41, 5.74) is 3.65. The summed E-state index contributed by atoms with van der Waals surface area (Å²) < 4.78 is 28.6. The molecule has 142 valence electrons. The van der Waals surface area contributed by atoms with Crippen LogP contribution in [-0.2, 0) is 9.84 Å². The Balaban J connectivity index is 1.85. The third kappa shape index (κ3) is 5.39. The number of hydrogen-bond donors (Lipinski definition) is 0. The van der Waals surface area contributed by atoms with Crippen LogP contribution in [0, 0.1) is 6.92 Å². The molecule has 5 nitrogen and oxygen atoms in total. The fraction of sp³-hybridized carbons (Fsp3) is 0.400. The molecule has 0 unspecified atom stereocenters. The Morgan fingerprint density at radius 3 is 2.23 bits per heavy atom. The Kier molecular flexibility index (Phi) is 6.53. The quantitative estimate of drug-likeness (QED) is 0.661. The van der Waals surface area contributed by atoms with Crippen LogP contribution in [0.2, 0.25) is 0 Å². The fourth-order valence-electron chi connectivity index (χ4n) is 2.72. The van der Waals surface area contributed by atoms with Gasteiger partial charge in [0.05, 0.1) is 11.5 Å². The zero-order chi connectivity index (χ0) is 19.3. The molecule has 0 saturated heterocycles. The van der Waals surface area contributed by atoms with Gasteiger partial charge >= 0.3 is 0 Å². The molecule has 0 heterocycles. The zero-order valence-electron chi connectivity index (χ0n) is 16.2. The van der Waals surface area contributed by atoms with Crippen molar-refractivity contribution in [3.05, 3.63) is 48.0 Å². The van der Waals surface area contributed by atoms with E-state index in [-0.39, 0.29) is 0 Å². The molecule has 0 amide bonds. The van der Waals surface area contributed by atoms with Gasteiger partial charge in [-0.05, 0) is 55.3 Å². The predicted octanol–water partition coefficient (Wildman–Crippen LogP) is 3.37. The second kappa shape index (κ2) is 8.45. The van der Waals surface area contributed by atoms with Crippen LogP contribution in [0.25, 0.3) is 0 Å². The topological polar surface area (TPSA) is 49.9 Å². The fourth-order valence-corrected chi connectivity index (χ4v) is 3.35. The van der Waals surface area contributed by atoms with E-state index >= 15 is 0 Å². The van der Waals surface area contributed by atoms with Crippen molar-refractivity contribution in [2.24, 2.45) is 0 Å². The van der Waals surface area contributed by atoms with Gasteiger partial charge in [0.25, 0.3) is 0 Å². The molecule has 0 bridgehead atoms. The van der Waals surface area contributed by atoms with Gasteiger partial charge in [-0.25, -0.2) is 8.42 Å². The molecule has 0 saturated carbocycles. The lowest BCUT2D eigenvalue weighted by Crippen LogP contribution is -2.21. The first-order valence-corrected chi connectivity index (χ1v) is 10.5. The standard InChI is InChI=1S/C20H28N2O3S/c1-16-7-8-17(15-20(16)21(2)3)22(4)13-6-14-25-18-9-11-19(12-10-18)26(5,23)24/h7-12,15H,6,13-14H2,1-5H3. The number of rotatable bonds is 8. The van der Waals surface area contributed by atoms with E-state index in [0.717, 1.165) is 13.0 Å². The van der Waals surface area contributed by atoms with Crippen molar-refractivity contribution in [1.29, 1.82) is 0 Å². The predicted molar refractivity (Wildman–Crippen MR) is 108 cm³/mol. The molecule has 2 rings (SSSR count). The molecule has 0 fully saturated rings. The number of benzene rings is 2. The number of anilines is 2. The van der Waals surface area contributed by atoms with E-state index in [4.69, 9.17) is 4.74 Å². The van der Waals surface area contributed by atoms with Crippen molar-refractivity contribution >= 4 is 21.2 Å². The minimum absolute atomic E-state index is 0.306. The molecule has 0 aliphatic heterocycles. The van der Waals surface area contributed by atoms with Gasteiger partial charge in [-0.3, -0.25) is 0 Å². The molecule has 2 aromatic carbocycles. The lowest BCUT2D eigenvalue weighted by molar-refractivity contribution is 0.312. The van der Waals surface area contributed by atoms with Gasteiger partial charge in [0.2, 0.25) is 0 Å². The van der Waals surface area contributed by atoms with Crippen molar-refractivity contribution in [3.63, 3.8) is 0 Å². The van der Waals surface area contributed by atoms with E-state index in [1.807, 2.05) is 0 Å². The molecule has 0 spiro atoms. The van der Waals surface area contributed by atoms with Gasteiger partial charge in [0.15, 0.2) is 9.84 Å². The minimum atomic E-state index is -3.17. The summed E-state index contributed by atoms with van der Waals surface area (Å²) in [6.07, 6.45) is 2.07. The molecular weight excluding hydrogens is 348 g/mol. The van der Waals surface area contributed by atoms with E-state index in [0.29, 0.717) is 17.3 Å². The van der Waals surface area contributed by atoms with Crippen LogP contribution >= 0.6 is 0 Å². The minimum Gasteiger partial charge on any atom is -0.494 e. The van der Waals surface area contributed by atoms with Crippen molar-refractivity contribution in [1.82, 2.24) is 0 Å². The summed E-state index contributed by atoms with van der Waals surface area (Å²) in [5, 5.41) is 0. The third-order valence-electron chi connectivity index (χ3n) is 4.27. The van der Waals surface area contributed by atoms with Gasteiger partial charge in [0.1, 0.15) is 5.75 Å². The maximum atomic E-state index is 11.5. The first-order chi connectivity index (χ1) is 12.2. The van der Waals surface area contributed by atoms with Crippen molar-refractivity contribution in [2.75, 3.05) is 50.4 Å². The van der Waals surface area contributed by atoms with Crippen LogP contribution in [0.4, 0.5) is 11.4 Å². The molecule has 6 heteroatoms. The van der Waals surface area contributed by atoms with Crippen LogP contribution in [0.15, 0.2) is 47.4 Å². The molecule has 2 aromatic rings. The molecule has 0 radical (unpaired) electrons. The van der Waals surface area contributed by atoms with Crippen LogP contribution in [0.1, 0.15) is 12.0 Å². The van der Waals surface area contributed by atoms with Crippen LogP contribution in [0.5, 0.6) is 5.75 Å². The number of hydrogen-bond acceptors (Lipinski definition) is 5. The number of ether oxygens (including phenoxy) is 1. The number of sulfone groups is 1. The molecule has 0 N–H and O–H groups in total. The van der Waals surface area contributed by atoms with Crippen LogP contribution in [0.3, 0.4) is 0 Å². The first kappa shape index (κ1) is 20.1. The van der Waals surface area contributed by atoms with E-state index in [2.05, 4.69) is 56.1 Å². The van der Waals surface area contributed by atoms with Crippen LogP contribution < -0.4 is 14.5 Å². The number of aryl methyl sites for hydroxylation is 1. The summed E-state index contributed by atoms with van der Waals surface area (Å²) >= 11 is 0. The highest BCUT2D eigenvalue weighted by Gasteiger charge is 2.08. The molecular formula is C20H28N2O3S. The normalized spacial score (nSPS) is 11.3. The third-order valence-corrected chi connectivity index (χ3v) is 5.40. The van der Waals surface area contributed by atoms with E-state index in [9.17, 15) is 8.42 Å². The maximum absolute atomic E-state index is 11.5. The monoisotopic (exact) mass is 376 g/mol. The smallest absolute Gasteiger partial charge is 0.175 e. The second-order valence-electron chi connectivity index (χ2n) is 6.73. The first-order valence-electron chi connectivity index (χ1n) is 8.60. The van der Waals surface area contributed by atoms with Gasteiger partial charge in [0, 0.05) is 45.3 Å². The van der Waals surface area contributed by atoms with Gasteiger partial charge in [-0.1, -0.05) is 6.07 Å². The summed E-state index contributed by atoms with van der Waals surface area (Å²) in [6, 6.07) is 13.0. The van der Waals surface area contributed by atoms with E-state index in [1.165, 1.54) is 23.2 Å². The van der Waals surface area contributed by atoms with Crippen molar-refractivity contribution in [2.45, 2.75) is 18.2 Å². The maximum Gasteiger partial charge on any atom is 0.175 e. The SMILES string of the molecule is Cc1ccc(N(C)CCCOc2ccc(S(C)(=O)=O)cc2)cc1N(C)C. The highest BCUT2D eigenvalue weighted by atomic mass is 32.2. The van der Waals surface area contributed by atoms with Gasteiger partial charge in [-0.15, -0.1) is 0 Å². The van der Waals surface area contributed by atoms with Crippen molar-refractivity contribution < 1.29 is 13.2 Å². The molecule has 0 aliphatic rings. The van der Waals surface area contributed by atoms with E-state index in [1.54, 1.807) is 24.3 Å². The van der Waals surface area contributed by atoms with Crippen LogP contribution in [-0.4, -0.2) is 49.0 Å². The average Bonchev–Trinajstić information content (AvgIpc) is 2.58. The molecule has 0 aliphatic carbocycles. The van der Waals surface area contributed by atoms with Gasteiger partial charge in [-0.2, -0.15) is 0 Å². The Morgan fingerprint density at radius 1 is 1.00 bits per heavy atom.